The quantitative estimate of drug-likeness (QED) is 0.706. The molecular weight excluding hydrogens is 338 g/mol. The van der Waals surface area contributed by atoms with Crippen LogP contribution in [0, 0.1) is 0 Å². The Kier molecular flexibility index (Phi) is 5.70. The van der Waals surface area contributed by atoms with Crippen LogP contribution in [0.15, 0.2) is 39.2 Å². The van der Waals surface area contributed by atoms with Crippen molar-refractivity contribution in [2.45, 2.75) is 32.7 Å². The van der Waals surface area contributed by atoms with E-state index in [0.717, 1.165) is 40.9 Å². The molecule has 4 heteroatoms. The highest BCUT2D eigenvalue weighted by Crippen LogP contribution is 2.33. The Morgan fingerprint density at radius 3 is 2.75 bits per heavy atom. The Morgan fingerprint density at radius 1 is 1.25 bits per heavy atom. The van der Waals surface area contributed by atoms with Crippen LogP contribution in [0.5, 0.6) is 0 Å². The third-order valence-electron chi connectivity index (χ3n) is 3.21. The van der Waals surface area contributed by atoms with Crippen LogP contribution in [-0.4, -0.2) is 6.54 Å². The third kappa shape index (κ3) is 3.66. The Hall–Kier alpha value is -0.770. The number of furan rings is 1. The Balaban J connectivity index is 2.25. The van der Waals surface area contributed by atoms with Crippen molar-refractivity contribution in [2.24, 2.45) is 0 Å². The normalized spacial score (nSPS) is 12.6. The van der Waals surface area contributed by atoms with Gasteiger partial charge in [0.2, 0.25) is 0 Å². The second-order valence-electron chi connectivity index (χ2n) is 4.74. The van der Waals surface area contributed by atoms with Crippen molar-refractivity contribution >= 4 is 27.5 Å². The molecule has 0 fully saturated rings. The summed E-state index contributed by atoms with van der Waals surface area (Å²) in [6.07, 6.45) is 2.12. The minimum absolute atomic E-state index is 0.265. The number of halogens is 2. The summed E-state index contributed by atoms with van der Waals surface area (Å²) in [6, 6.07) is 10.0. The van der Waals surface area contributed by atoms with Gasteiger partial charge in [-0.1, -0.05) is 41.4 Å². The van der Waals surface area contributed by atoms with Gasteiger partial charge in [0.25, 0.3) is 0 Å². The summed E-state index contributed by atoms with van der Waals surface area (Å²) in [5.74, 6) is 1.81. The summed E-state index contributed by atoms with van der Waals surface area (Å²) in [7, 11) is 0. The first-order valence-corrected chi connectivity index (χ1v) is 8.11. The highest BCUT2D eigenvalue weighted by atomic mass is 79.9. The molecule has 2 rings (SSSR count). The lowest BCUT2D eigenvalue weighted by atomic mass is 10.1. The van der Waals surface area contributed by atoms with Gasteiger partial charge in [0.1, 0.15) is 11.5 Å². The molecule has 0 spiro atoms. The summed E-state index contributed by atoms with van der Waals surface area (Å²) in [5.41, 5.74) is 0.981. The van der Waals surface area contributed by atoms with Crippen molar-refractivity contribution in [2.75, 3.05) is 6.54 Å². The molecule has 1 heterocycles. The maximum absolute atomic E-state index is 6.06. The number of nitrogens with one attached hydrogen (secondary N) is 1. The zero-order valence-corrected chi connectivity index (χ0v) is 14.1. The van der Waals surface area contributed by atoms with E-state index in [1.807, 2.05) is 30.3 Å². The molecule has 0 amide bonds. The lowest BCUT2D eigenvalue weighted by Gasteiger charge is -2.13. The standard InChI is InChI=1S/C16H19BrClNO/c1-3-9-19-14(4-2)16-8-7-15(20-16)12-10-11(18)5-6-13(12)17/h5-8,10,14,19H,3-4,9H2,1-2H3. The number of hydrogen-bond acceptors (Lipinski definition) is 2. The predicted molar refractivity (Wildman–Crippen MR) is 88.2 cm³/mol. The summed E-state index contributed by atoms with van der Waals surface area (Å²) in [5, 5.41) is 4.20. The van der Waals surface area contributed by atoms with Crippen molar-refractivity contribution in [1.82, 2.24) is 5.32 Å². The first-order chi connectivity index (χ1) is 9.65. The largest absolute Gasteiger partial charge is 0.459 e. The zero-order chi connectivity index (χ0) is 14.5. The van der Waals surface area contributed by atoms with Gasteiger partial charge in [-0.2, -0.15) is 0 Å². The third-order valence-corrected chi connectivity index (χ3v) is 4.14. The van der Waals surface area contributed by atoms with Crippen LogP contribution < -0.4 is 5.32 Å². The molecule has 0 aliphatic carbocycles. The van der Waals surface area contributed by atoms with Crippen molar-refractivity contribution < 1.29 is 4.42 Å². The second kappa shape index (κ2) is 7.30. The molecule has 0 bridgehead atoms. The summed E-state index contributed by atoms with van der Waals surface area (Å²) < 4.78 is 6.99. The monoisotopic (exact) mass is 355 g/mol. The maximum atomic E-state index is 6.06. The van der Waals surface area contributed by atoms with E-state index in [4.69, 9.17) is 16.0 Å². The topological polar surface area (TPSA) is 25.2 Å². The summed E-state index contributed by atoms with van der Waals surface area (Å²) in [6.45, 7) is 5.32. The summed E-state index contributed by atoms with van der Waals surface area (Å²) in [4.78, 5) is 0. The number of rotatable bonds is 6. The van der Waals surface area contributed by atoms with E-state index in [0.29, 0.717) is 5.02 Å². The van der Waals surface area contributed by atoms with Gasteiger partial charge in [-0.15, -0.1) is 0 Å². The highest BCUT2D eigenvalue weighted by Gasteiger charge is 2.15. The molecule has 1 aromatic heterocycles. The van der Waals surface area contributed by atoms with E-state index in [1.165, 1.54) is 0 Å². The van der Waals surface area contributed by atoms with Gasteiger partial charge in [-0.05, 0) is 49.7 Å². The first-order valence-electron chi connectivity index (χ1n) is 6.94. The highest BCUT2D eigenvalue weighted by molar-refractivity contribution is 9.10. The maximum Gasteiger partial charge on any atom is 0.135 e. The van der Waals surface area contributed by atoms with Gasteiger partial charge >= 0.3 is 0 Å². The molecule has 0 saturated heterocycles. The van der Waals surface area contributed by atoms with Gasteiger partial charge in [0, 0.05) is 15.1 Å². The Bertz CT molecular complexity index is 567. The molecule has 108 valence electrons. The van der Waals surface area contributed by atoms with Crippen LogP contribution in [0.1, 0.15) is 38.5 Å². The van der Waals surface area contributed by atoms with E-state index in [1.54, 1.807) is 0 Å². The molecule has 1 atom stereocenters. The molecule has 0 saturated carbocycles. The summed E-state index contributed by atoms with van der Waals surface area (Å²) >= 11 is 9.60. The van der Waals surface area contributed by atoms with Crippen LogP contribution in [0.2, 0.25) is 5.02 Å². The van der Waals surface area contributed by atoms with E-state index in [-0.39, 0.29) is 6.04 Å². The molecule has 0 aliphatic rings. The molecule has 1 unspecified atom stereocenters. The fourth-order valence-corrected chi connectivity index (χ4v) is 2.75. The van der Waals surface area contributed by atoms with Gasteiger partial charge in [-0.3, -0.25) is 0 Å². The van der Waals surface area contributed by atoms with Crippen LogP contribution in [-0.2, 0) is 0 Å². The molecule has 0 aliphatic heterocycles. The number of hydrogen-bond donors (Lipinski definition) is 1. The van der Waals surface area contributed by atoms with E-state index >= 15 is 0 Å². The molecule has 0 radical (unpaired) electrons. The SMILES string of the molecule is CCCNC(CC)c1ccc(-c2cc(Cl)ccc2Br)o1. The lowest BCUT2D eigenvalue weighted by Crippen LogP contribution is -2.20. The minimum Gasteiger partial charge on any atom is -0.459 e. The lowest BCUT2D eigenvalue weighted by molar-refractivity contribution is 0.411. The molecule has 20 heavy (non-hydrogen) atoms. The molecule has 2 nitrogen and oxygen atoms in total. The van der Waals surface area contributed by atoms with E-state index < -0.39 is 0 Å². The molecular formula is C16H19BrClNO. The van der Waals surface area contributed by atoms with Crippen molar-refractivity contribution in [3.8, 4) is 11.3 Å². The minimum atomic E-state index is 0.265. The predicted octanol–water partition coefficient (Wildman–Crippen LogP) is 5.81. The number of benzene rings is 1. The fourth-order valence-electron chi connectivity index (χ4n) is 2.14. The fraction of sp³-hybridized carbons (Fsp3) is 0.375. The van der Waals surface area contributed by atoms with Gasteiger partial charge < -0.3 is 9.73 Å². The smallest absolute Gasteiger partial charge is 0.135 e. The Labute approximate surface area is 133 Å². The van der Waals surface area contributed by atoms with E-state index in [2.05, 4.69) is 35.1 Å². The zero-order valence-electron chi connectivity index (χ0n) is 11.7. The second-order valence-corrected chi connectivity index (χ2v) is 6.03. The van der Waals surface area contributed by atoms with Crippen molar-refractivity contribution in [1.29, 1.82) is 0 Å². The average molecular weight is 357 g/mol. The van der Waals surface area contributed by atoms with Crippen LogP contribution in [0.25, 0.3) is 11.3 Å². The van der Waals surface area contributed by atoms with E-state index in [9.17, 15) is 0 Å². The van der Waals surface area contributed by atoms with Gasteiger partial charge in [-0.25, -0.2) is 0 Å². The first kappa shape index (κ1) is 15.6. The van der Waals surface area contributed by atoms with Gasteiger partial charge in [0.05, 0.1) is 6.04 Å². The van der Waals surface area contributed by atoms with Crippen LogP contribution in [0.3, 0.4) is 0 Å². The van der Waals surface area contributed by atoms with Crippen LogP contribution >= 0.6 is 27.5 Å². The average Bonchev–Trinajstić information content (AvgIpc) is 2.92. The van der Waals surface area contributed by atoms with Gasteiger partial charge in [0.15, 0.2) is 0 Å². The Morgan fingerprint density at radius 2 is 2.05 bits per heavy atom. The molecule has 1 N–H and O–H groups in total. The molecule has 2 aromatic rings. The van der Waals surface area contributed by atoms with Crippen LogP contribution in [0.4, 0.5) is 0 Å². The van der Waals surface area contributed by atoms with Crippen molar-refractivity contribution in [3.05, 3.63) is 45.6 Å². The van der Waals surface area contributed by atoms with Crippen molar-refractivity contribution in [3.63, 3.8) is 0 Å². The molecule has 1 aromatic carbocycles.